The summed E-state index contributed by atoms with van der Waals surface area (Å²) in [6, 6.07) is 10.9. The lowest BCUT2D eigenvalue weighted by molar-refractivity contribution is -0.117. The Labute approximate surface area is 149 Å². The minimum absolute atomic E-state index is 0.000794. The molecular formula is C19H16FN3O3. The van der Waals surface area contributed by atoms with E-state index in [1.807, 2.05) is 0 Å². The minimum Gasteiger partial charge on any atom is -0.348 e. The van der Waals surface area contributed by atoms with Crippen LogP contribution in [0.1, 0.15) is 15.9 Å². The number of anilines is 2. The van der Waals surface area contributed by atoms with Gasteiger partial charge in [0.1, 0.15) is 18.0 Å². The molecule has 6 nitrogen and oxygen atoms in total. The fourth-order valence-electron chi connectivity index (χ4n) is 2.63. The molecule has 132 valence electrons. The first-order valence-corrected chi connectivity index (χ1v) is 7.89. The van der Waals surface area contributed by atoms with Crippen LogP contribution in [-0.2, 0) is 16.1 Å². The number of amides is 3. The smallest absolute Gasteiger partial charge is 0.258 e. The molecule has 0 bridgehead atoms. The number of nitrogens with one attached hydrogen (secondary N) is 2. The van der Waals surface area contributed by atoms with Crippen LogP contribution in [-0.4, -0.2) is 24.3 Å². The second kappa shape index (κ2) is 7.18. The monoisotopic (exact) mass is 353 g/mol. The average Bonchev–Trinajstić information content (AvgIpc) is 2.66. The van der Waals surface area contributed by atoms with Crippen molar-refractivity contribution in [3.63, 3.8) is 0 Å². The van der Waals surface area contributed by atoms with Crippen LogP contribution in [0.25, 0.3) is 0 Å². The Morgan fingerprint density at radius 2 is 1.96 bits per heavy atom. The topological polar surface area (TPSA) is 78.5 Å². The Balaban J connectivity index is 1.82. The van der Waals surface area contributed by atoms with Crippen molar-refractivity contribution < 1.29 is 18.8 Å². The van der Waals surface area contributed by atoms with Crippen LogP contribution in [0.15, 0.2) is 55.1 Å². The molecule has 0 aromatic heterocycles. The molecular weight excluding hydrogens is 337 g/mol. The van der Waals surface area contributed by atoms with E-state index in [1.165, 1.54) is 23.1 Å². The number of carbonyl (C=O) groups is 3. The molecule has 1 heterocycles. The first kappa shape index (κ1) is 17.3. The van der Waals surface area contributed by atoms with Crippen LogP contribution in [0.5, 0.6) is 0 Å². The highest BCUT2D eigenvalue weighted by Crippen LogP contribution is 2.32. The van der Waals surface area contributed by atoms with Gasteiger partial charge in [-0.15, -0.1) is 0 Å². The van der Waals surface area contributed by atoms with Gasteiger partial charge in [0.05, 0.1) is 5.69 Å². The molecule has 2 N–H and O–H groups in total. The molecule has 0 atom stereocenters. The van der Waals surface area contributed by atoms with E-state index in [1.54, 1.807) is 30.3 Å². The molecule has 0 fully saturated rings. The van der Waals surface area contributed by atoms with Crippen molar-refractivity contribution in [3.05, 3.63) is 72.1 Å². The predicted octanol–water partition coefficient (Wildman–Crippen LogP) is 2.23. The van der Waals surface area contributed by atoms with Crippen LogP contribution in [0, 0.1) is 5.82 Å². The molecule has 0 radical (unpaired) electrons. The van der Waals surface area contributed by atoms with Crippen molar-refractivity contribution in [1.82, 2.24) is 5.32 Å². The van der Waals surface area contributed by atoms with E-state index >= 15 is 0 Å². The maximum Gasteiger partial charge on any atom is 0.258 e. The zero-order chi connectivity index (χ0) is 18.7. The second-order valence-electron chi connectivity index (χ2n) is 5.69. The average molecular weight is 353 g/mol. The molecule has 2 aromatic carbocycles. The second-order valence-corrected chi connectivity index (χ2v) is 5.69. The van der Waals surface area contributed by atoms with Crippen LogP contribution in [0.4, 0.5) is 15.8 Å². The van der Waals surface area contributed by atoms with E-state index in [9.17, 15) is 18.8 Å². The third kappa shape index (κ3) is 3.46. The maximum atomic E-state index is 13.9. The number of halogens is 1. The molecule has 0 aliphatic carbocycles. The van der Waals surface area contributed by atoms with Crippen molar-refractivity contribution >= 4 is 29.1 Å². The predicted molar refractivity (Wildman–Crippen MR) is 95.2 cm³/mol. The highest BCUT2D eigenvalue weighted by molar-refractivity contribution is 6.15. The highest BCUT2D eigenvalue weighted by Gasteiger charge is 2.29. The summed E-state index contributed by atoms with van der Waals surface area (Å²) >= 11 is 0. The number of hydrogen-bond acceptors (Lipinski definition) is 3. The largest absolute Gasteiger partial charge is 0.348 e. The summed E-state index contributed by atoms with van der Waals surface area (Å²) < 4.78 is 13.9. The quantitative estimate of drug-likeness (QED) is 0.828. The minimum atomic E-state index is -0.596. The van der Waals surface area contributed by atoms with Crippen molar-refractivity contribution in [2.75, 3.05) is 16.8 Å². The molecule has 7 heteroatoms. The first-order chi connectivity index (χ1) is 12.5. The lowest BCUT2D eigenvalue weighted by Crippen LogP contribution is -2.42. The van der Waals surface area contributed by atoms with Crippen molar-refractivity contribution in [2.24, 2.45) is 0 Å². The molecule has 0 spiro atoms. The number of fused-ring (bicyclic) bond motifs is 1. The summed E-state index contributed by atoms with van der Waals surface area (Å²) in [7, 11) is 0. The van der Waals surface area contributed by atoms with Gasteiger partial charge in [0.2, 0.25) is 11.8 Å². The number of para-hydroxylation sites is 1. The van der Waals surface area contributed by atoms with Crippen LogP contribution in [0.2, 0.25) is 0 Å². The summed E-state index contributed by atoms with van der Waals surface area (Å²) in [4.78, 5) is 37.0. The number of benzene rings is 2. The Hall–Kier alpha value is -3.48. The molecule has 0 saturated heterocycles. The van der Waals surface area contributed by atoms with Crippen LogP contribution in [0.3, 0.4) is 0 Å². The summed E-state index contributed by atoms with van der Waals surface area (Å²) in [6.45, 7) is 3.49. The molecule has 3 amide bonds. The van der Waals surface area contributed by atoms with E-state index in [0.29, 0.717) is 17.8 Å². The zero-order valence-corrected chi connectivity index (χ0v) is 13.8. The van der Waals surface area contributed by atoms with Gasteiger partial charge >= 0.3 is 0 Å². The van der Waals surface area contributed by atoms with Gasteiger partial charge in [-0.3, -0.25) is 19.3 Å². The number of rotatable bonds is 4. The van der Waals surface area contributed by atoms with Crippen LogP contribution >= 0.6 is 0 Å². The Bertz CT molecular complexity index is 893. The van der Waals surface area contributed by atoms with E-state index in [0.717, 1.165) is 5.56 Å². The van der Waals surface area contributed by atoms with Gasteiger partial charge in [-0.1, -0.05) is 24.8 Å². The van der Waals surface area contributed by atoms with E-state index in [2.05, 4.69) is 17.2 Å². The van der Waals surface area contributed by atoms with E-state index in [-0.39, 0.29) is 18.1 Å². The highest BCUT2D eigenvalue weighted by atomic mass is 19.1. The van der Waals surface area contributed by atoms with Gasteiger partial charge in [0.25, 0.3) is 5.91 Å². The third-order valence-electron chi connectivity index (χ3n) is 3.95. The van der Waals surface area contributed by atoms with Gasteiger partial charge in [0.15, 0.2) is 0 Å². The first-order valence-electron chi connectivity index (χ1n) is 7.89. The third-order valence-corrected chi connectivity index (χ3v) is 3.95. The molecule has 2 aromatic rings. The summed E-state index contributed by atoms with van der Waals surface area (Å²) in [5, 5.41) is 5.09. The Kier molecular flexibility index (Phi) is 4.79. The molecule has 0 unspecified atom stereocenters. The van der Waals surface area contributed by atoms with Gasteiger partial charge in [0, 0.05) is 12.1 Å². The van der Waals surface area contributed by atoms with E-state index < -0.39 is 17.6 Å². The lowest BCUT2D eigenvalue weighted by atomic mass is 10.1. The Morgan fingerprint density at radius 1 is 1.23 bits per heavy atom. The standard InChI is InChI=1S/C19H16FN3O3/c1-2-16(24)21-10-12-6-8-13(9-7-12)19(26)23-11-17(25)22-18-14(20)4-3-5-15(18)23/h2-9H,1,10-11H2,(H,21,24)(H,22,25). The van der Waals surface area contributed by atoms with Crippen molar-refractivity contribution in [1.29, 1.82) is 0 Å². The summed E-state index contributed by atoms with van der Waals surface area (Å²) in [6.07, 6.45) is 1.18. The zero-order valence-electron chi connectivity index (χ0n) is 13.8. The molecule has 26 heavy (non-hydrogen) atoms. The molecule has 1 aliphatic rings. The lowest BCUT2D eigenvalue weighted by Gasteiger charge is -2.29. The number of nitrogens with zero attached hydrogens (tertiary/aromatic N) is 1. The summed E-state index contributed by atoms with van der Waals surface area (Å²) in [5.41, 5.74) is 1.48. The van der Waals surface area contributed by atoms with Gasteiger partial charge in [-0.05, 0) is 35.9 Å². The summed E-state index contributed by atoms with van der Waals surface area (Å²) in [5.74, 6) is -1.75. The maximum absolute atomic E-state index is 13.9. The molecule has 0 saturated carbocycles. The molecule has 1 aliphatic heterocycles. The van der Waals surface area contributed by atoms with Gasteiger partial charge in [-0.2, -0.15) is 0 Å². The Morgan fingerprint density at radius 3 is 2.65 bits per heavy atom. The van der Waals surface area contributed by atoms with Crippen molar-refractivity contribution in [2.45, 2.75) is 6.54 Å². The normalized spacial score (nSPS) is 12.8. The fraction of sp³-hybridized carbons (Fsp3) is 0.105. The molecule has 3 rings (SSSR count). The number of carbonyl (C=O) groups excluding carboxylic acids is 3. The van der Waals surface area contributed by atoms with Gasteiger partial charge in [-0.25, -0.2) is 4.39 Å². The fourth-order valence-corrected chi connectivity index (χ4v) is 2.63. The van der Waals surface area contributed by atoms with Crippen molar-refractivity contribution in [3.8, 4) is 0 Å². The SMILES string of the molecule is C=CC(=O)NCc1ccc(C(=O)N2CC(=O)Nc3c(F)cccc32)cc1. The van der Waals surface area contributed by atoms with Crippen LogP contribution < -0.4 is 15.5 Å². The van der Waals surface area contributed by atoms with Gasteiger partial charge < -0.3 is 10.6 Å². The number of hydrogen-bond donors (Lipinski definition) is 2. The van der Waals surface area contributed by atoms with E-state index in [4.69, 9.17) is 0 Å².